The summed E-state index contributed by atoms with van der Waals surface area (Å²) in [5.41, 5.74) is 6.21. The van der Waals surface area contributed by atoms with Crippen molar-refractivity contribution in [3.8, 4) is 28.1 Å². The van der Waals surface area contributed by atoms with Gasteiger partial charge >= 0.3 is 0 Å². The topological polar surface area (TPSA) is 51.2 Å². The van der Waals surface area contributed by atoms with Gasteiger partial charge in [-0.15, -0.1) is 11.3 Å². The molecule has 1 heterocycles. The van der Waals surface area contributed by atoms with Gasteiger partial charge in [0.05, 0.1) is 5.69 Å². The van der Waals surface area contributed by atoms with Gasteiger partial charge in [0, 0.05) is 17.0 Å². The van der Waals surface area contributed by atoms with Gasteiger partial charge in [-0.25, -0.2) is 4.98 Å². The number of thiazole rings is 1. The zero-order valence-corrected chi connectivity index (χ0v) is 20.3. The minimum absolute atomic E-state index is 0.222. The van der Waals surface area contributed by atoms with E-state index < -0.39 is 0 Å². The lowest BCUT2D eigenvalue weighted by Crippen LogP contribution is -2.07. The molecule has 0 saturated heterocycles. The van der Waals surface area contributed by atoms with Crippen LogP contribution in [-0.2, 0) is 11.4 Å². The Morgan fingerprint density at radius 1 is 0.778 bits per heavy atom. The van der Waals surface area contributed by atoms with Crippen LogP contribution in [0, 0.1) is 0 Å². The van der Waals surface area contributed by atoms with Crippen LogP contribution in [0.25, 0.3) is 28.5 Å². The fourth-order valence-corrected chi connectivity index (χ4v) is 4.39. The number of carbonyl (C=O) groups excluding carboxylic acids is 1. The SMILES string of the molecule is O=C(C=Cc1ccc(OCc2ccccc2)cc1)Nc1nc(-c2ccc(-c3ccccc3)cc2)cs1. The van der Waals surface area contributed by atoms with Gasteiger partial charge in [0.15, 0.2) is 5.13 Å². The Morgan fingerprint density at radius 2 is 1.42 bits per heavy atom. The number of ether oxygens (including phenoxy) is 1. The third kappa shape index (κ3) is 6.14. The van der Waals surface area contributed by atoms with Crippen LogP contribution in [-0.4, -0.2) is 10.9 Å². The van der Waals surface area contributed by atoms with Gasteiger partial charge in [-0.05, 0) is 40.5 Å². The standard InChI is InChI=1S/C31H24N2O2S/c34-30(20-13-23-11-18-28(19-12-23)35-21-24-7-3-1-4-8-24)33-31-32-29(22-36-31)27-16-14-26(15-17-27)25-9-5-2-6-10-25/h1-20,22H,21H2,(H,32,33,34). The van der Waals surface area contributed by atoms with Crippen molar-refractivity contribution in [1.82, 2.24) is 4.98 Å². The van der Waals surface area contributed by atoms with Crippen molar-refractivity contribution in [2.45, 2.75) is 6.61 Å². The van der Waals surface area contributed by atoms with E-state index in [0.717, 1.165) is 33.7 Å². The van der Waals surface area contributed by atoms with Gasteiger partial charge < -0.3 is 4.74 Å². The summed E-state index contributed by atoms with van der Waals surface area (Å²) >= 11 is 1.41. The van der Waals surface area contributed by atoms with Crippen molar-refractivity contribution in [1.29, 1.82) is 0 Å². The van der Waals surface area contributed by atoms with Crippen LogP contribution in [0.15, 0.2) is 121 Å². The van der Waals surface area contributed by atoms with E-state index in [1.54, 1.807) is 6.08 Å². The average molecular weight is 489 g/mol. The lowest BCUT2D eigenvalue weighted by molar-refractivity contribution is -0.111. The number of rotatable bonds is 8. The first kappa shape index (κ1) is 23.3. The summed E-state index contributed by atoms with van der Waals surface area (Å²) in [6.45, 7) is 0.519. The number of amides is 1. The molecule has 0 atom stereocenters. The molecule has 176 valence electrons. The van der Waals surface area contributed by atoms with E-state index in [4.69, 9.17) is 4.74 Å². The number of carbonyl (C=O) groups is 1. The zero-order valence-electron chi connectivity index (χ0n) is 19.5. The number of hydrogen-bond acceptors (Lipinski definition) is 4. The van der Waals surface area contributed by atoms with Gasteiger partial charge in [-0.1, -0.05) is 97.1 Å². The number of nitrogens with zero attached hydrogens (tertiary/aromatic N) is 1. The van der Waals surface area contributed by atoms with E-state index in [-0.39, 0.29) is 5.91 Å². The molecule has 4 nitrogen and oxygen atoms in total. The molecule has 0 bridgehead atoms. The lowest BCUT2D eigenvalue weighted by Gasteiger charge is -2.06. The minimum Gasteiger partial charge on any atom is -0.489 e. The number of anilines is 1. The fraction of sp³-hybridized carbons (Fsp3) is 0.0323. The van der Waals surface area contributed by atoms with Crippen LogP contribution in [0.3, 0.4) is 0 Å². The van der Waals surface area contributed by atoms with Crippen molar-refractivity contribution >= 4 is 28.5 Å². The van der Waals surface area contributed by atoms with Crippen molar-refractivity contribution in [3.05, 3.63) is 132 Å². The van der Waals surface area contributed by atoms with Crippen molar-refractivity contribution in [2.75, 3.05) is 5.32 Å². The summed E-state index contributed by atoms with van der Waals surface area (Å²) in [7, 11) is 0. The second-order valence-electron chi connectivity index (χ2n) is 8.15. The Hall–Kier alpha value is -4.48. The number of aromatic nitrogens is 1. The highest BCUT2D eigenvalue weighted by atomic mass is 32.1. The second kappa shape index (κ2) is 11.3. The highest BCUT2D eigenvalue weighted by molar-refractivity contribution is 7.14. The smallest absolute Gasteiger partial charge is 0.250 e. The van der Waals surface area contributed by atoms with Crippen molar-refractivity contribution in [2.24, 2.45) is 0 Å². The van der Waals surface area contributed by atoms with Crippen LogP contribution >= 0.6 is 11.3 Å². The van der Waals surface area contributed by atoms with E-state index in [9.17, 15) is 4.79 Å². The maximum absolute atomic E-state index is 12.4. The molecule has 0 fully saturated rings. The lowest BCUT2D eigenvalue weighted by atomic mass is 10.0. The summed E-state index contributed by atoms with van der Waals surface area (Å²) in [5.74, 6) is 0.562. The van der Waals surface area contributed by atoms with E-state index in [1.165, 1.54) is 23.0 Å². The first-order chi connectivity index (χ1) is 17.7. The molecule has 0 unspecified atom stereocenters. The molecule has 0 aliphatic carbocycles. The molecule has 0 radical (unpaired) electrons. The molecule has 1 N–H and O–H groups in total. The zero-order chi connectivity index (χ0) is 24.6. The Kier molecular flexibility index (Phi) is 7.30. The molecule has 0 aliphatic rings. The predicted octanol–water partition coefficient (Wildman–Crippen LogP) is 7.71. The molecule has 5 rings (SSSR count). The van der Waals surface area contributed by atoms with Crippen LogP contribution in [0.1, 0.15) is 11.1 Å². The second-order valence-corrected chi connectivity index (χ2v) is 9.01. The van der Waals surface area contributed by atoms with Crippen molar-refractivity contribution < 1.29 is 9.53 Å². The quantitative estimate of drug-likeness (QED) is 0.228. The summed E-state index contributed by atoms with van der Waals surface area (Å²) in [6.07, 6.45) is 3.28. The van der Waals surface area contributed by atoms with Gasteiger partial charge in [0.1, 0.15) is 12.4 Å². The van der Waals surface area contributed by atoms with E-state index in [2.05, 4.69) is 46.7 Å². The molecule has 36 heavy (non-hydrogen) atoms. The maximum atomic E-state index is 12.4. The Morgan fingerprint density at radius 3 is 2.14 bits per heavy atom. The predicted molar refractivity (Wildman–Crippen MR) is 148 cm³/mol. The van der Waals surface area contributed by atoms with E-state index in [1.807, 2.05) is 78.2 Å². The average Bonchev–Trinajstić information content (AvgIpc) is 3.41. The van der Waals surface area contributed by atoms with E-state index >= 15 is 0 Å². The minimum atomic E-state index is -0.222. The summed E-state index contributed by atoms with van der Waals surface area (Å²) in [6, 6.07) is 36.2. The molecule has 5 heteroatoms. The summed E-state index contributed by atoms with van der Waals surface area (Å²) in [5, 5.41) is 5.36. The maximum Gasteiger partial charge on any atom is 0.250 e. The van der Waals surface area contributed by atoms with Gasteiger partial charge in [0.25, 0.3) is 0 Å². The van der Waals surface area contributed by atoms with Crippen LogP contribution in [0.5, 0.6) is 5.75 Å². The first-order valence-electron chi connectivity index (χ1n) is 11.6. The fourth-order valence-electron chi connectivity index (χ4n) is 3.66. The molecule has 1 amide bonds. The number of nitrogens with one attached hydrogen (secondary N) is 1. The Labute approximate surface area is 214 Å². The third-order valence-electron chi connectivity index (χ3n) is 5.58. The normalized spacial score (nSPS) is 10.9. The number of hydrogen-bond donors (Lipinski definition) is 1. The molecular formula is C31H24N2O2S. The molecule has 0 spiro atoms. The third-order valence-corrected chi connectivity index (χ3v) is 6.34. The molecule has 1 aromatic heterocycles. The van der Waals surface area contributed by atoms with Crippen LogP contribution < -0.4 is 10.1 Å². The molecule has 0 saturated carbocycles. The molecule has 0 aliphatic heterocycles. The number of benzene rings is 4. The van der Waals surface area contributed by atoms with E-state index in [0.29, 0.717) is 11.7 Å². The van der Waals surface area contributed by atoms with Gasteiger partial charge in [-0.2, -0.15) is 0 Å². The van der Waals surface area contributed by atoms with Crippen molar-refractivity contribution in [3.63, 3.8) is 0 Å². The highest BCUT2D eigenvalue weighted by Crippen LogP contribution is 2.27. The largest absolute Gasteiger partial charge is 0.489 e. The van der Waals surface area contributed by atoms with Gasteiger partial charge in [-0.3, -0.25) is 10.1 Å². The Balaban J connectivity index is 1.15. The Bertz CT molecular complexity index is 1440. The highest BCUT2D eigenvalue weighted by Gasteiger charge is 2.07. The molecule has 5 aromatic rings. The first-order valence-corrected chi connectivity index (χ1v) is 12.5. The van der Waals surface area contributed by atoms with Crippen LogP contribution in [0.4, 0.5) is 5.13 Å². The van der Waals surface area contributed by atoms with Crippen LogP contribution in [0.2, 0.25) is 0 Å². The monoisotopic (exact) mass is 488 g/mol. The summed E-state index contributed by atoms with van der Waals surface area (Å²) < 4.78 is 5.81. The molecule has 4 aromatic carbocycles. The summed E-state index contributed by atoms with van der Waals surface area (Å²) in [4.78, 5) is 17.0. The van der Waals surface area contributed by atoms with Gasteiger partial charge in [0.2, 0.25) is 5.91 Å². The molecular weight excluding hydrogens is 464 g/mol.